The number of hydrogen-bond donors (Lipinski definition) is 0. The summed E-state index contributed by atoms with van der Waals surface area (Å²) in [7, 11) is 0. The Morgan fingerprint density at radius 2 is 1.40 bits per heavy atom. The van der Waals surface area contributed by atoms with Crippen molar-refractivity contribution in [3.63, 3.8) is 0 Å². The minimum Gasteiger partial charge on any atom is -0.462 e. The van der Waals surface area contributed by atoms with E-state index in [4.69, 9.17) is 9.84 Å². The third-order valence-electron chi connectivity index (χ3n) is 5.92. The third kappa shape index (κ3) is 4.38. The number of benzene rings is 4. The molecule has 0 unspecified atom stereocenters. The first-order valence-corrected chi connectivity index (χ1v) is 11.7. The first-order chi connectivity index (χ1) is 17.2. The average Bonchev–Trinajstić information content (AvgIpc) is 3.31. The first-order valence-electron chi connectivity index (χ1n) is 11.7. The topological polar surface area (TPSA) is 44.1 Å². The number of ether oxygens (including phenoxy) is 1. The number of nitrogens with zero attached hydrogens (tertiary/aromatic N) is 2. The number of aromatic nitrogens is 2. The van der Waals surface area contributed by atoms with Crippen LogP contribution in [0.5, 0.6) is 0 Å². The van der Waals surface area contributed by atoms with Gasteiger partial charge in [-0.3, -0.25) is 0 Å². The molecule has 35 heavy (non-hydrogen) atoms. The van der Waals surface area contributed by atoms with Crippen LogP contribution in [0.4, 0.5) is 0 Å². The molecule has 0 amide bonds. The lowest BCUT2D eigenvalue weighted by Crippen LogP contribution is -2.08. The molecule has 0 saturated carbocycles. The van der Waals surface area contributed by atoms with Crippen LogP contribution < -0.4 is 0 Å². The molecule has 4 heteroatoms. The highest BCUT2D eigenvalue weighted by Crippen LogP contribution is 2.39. The zero-order valence-corrected chi connectivity index (χ0v) is 19.8. The van der Waals surface area contributed by atoms with Gasteiger partial charge in [-0.25, -0.2) is 9.48 Å². The van der Waals surface area contributed by atoms with Gasteiger partial charge in [-0.2, -0.15) is 5.10 Å². The van der Waals surface area contributed by atoms with Crippen molar-refractivity contribution in [2.24, 2.45) is 0 Å². The number of carbonyl (C=O) groups is 1. The summed E-state index contributed by atoms with van der Waals surface area (Å²) in [5, 5.41) is 5.05. The molecule has 0 aliphatic heterocycles. The van der Waals surface area contributed by atoms with E-state index in [1.807, 2.05) is 96.5 Å². The van der Waals surface area contributed by atoms with Crippen molar-refractivity contribution in [3.05, 3.63) is 120 Å². The van der Waals surface area contributed by atoms with Gasteiger partial charge in [-0.15, -0.1) is 0 Å². The number of esters is 1. The average molecular weight is 459 g/mol. The van der Waals surface area contributed by atoms with Gasteiger partial charge in [0.1, 0.15) is 11.3 Å². The van der Waals surface area contributed by atoms with Gasteiger partial charge in [0, 0.05) is 11.1 Å². The molecule has 4 aromatic carbocycles. The van der Waals surface area contributed by atoms with Gasteiger partial charge in [0.2, 0.25) is 0 Å². The van der Waals surface area contributed by atoms with E-state index in [-0.39, 0.29) is 12.6 Å². The molecule has 172 valence electrons. The van der Waals surface area contributed by atoms with Crippen LogP contribution >= 0.6 is 0 Å². The second kappa shape index (κ2) is 9.82. The Morgan fingerprint density at radius 3 is 2.09 bits per heavy atom. The van der Waals surface area contributed by atoms with Crippen molar-refractivity contribution in [1.82, 2.24) is 9.78 Å². The van der Waals surface area contributed by atoms with Crippen LogP contribution in [-0.2, 0) is 4.74 Å². The molecule has 0 aliphatic carbocycles. The Hall–Kier alpha value is -4.44. The largest absolute Gasteiger partial charge is 0.462 e. The van der Waals surface area contributed by atoms with Gasteiger partial charge in [0.15, 0.2) is 0 Å². The molecule has 1 aromatic heterocycles. The maximum atomic E-state index is 13.5. The van der Waals surface area contributed by atoms with Crippen molar-refractivity contribution in [3.8, 4) is 39.3 Å². The van der Waals surface area contributed by atoms with Crippen LogP contribution in [0.25, 0.3) is 39.3 Å². The van der Waals surface area contributed by atoms with E-state index in [0.29, 0.717) is 17.0 Å². The SMILES string of the molecule is CCOC(=O)c1c(-c2ccccc2-c2cccc(C)c2)nn(-c2ccccc2)c1-c1ccccc1. The van der Waals surface area contributed by atoms with E-state index in [2.05, 4.69) is 31.2 Å². The third-order valence-corrected chi connectivity index (χ3v) is 5.92. The van der Waals surface area contributed by atoms with Gasteiger partial charge < -0.3 is 4.74 Å². The van der Waals surface area contributed by atoms with Gasteiger partial charge in [0.05, 0.1) is 18.0 Å². The van der Waals surface area contributed by atoms with Gasteiger partial charge >= 0.3 is 5.97 Å². The Bertz CT molecular complexity index is 1470. The summed E-state index contributed by atoms with van der Waals surface area (Å²) >= 11 is 0. The summed E-state index contributed by atoms with van der Waals surface area (Å²) in [6.07, 6.45) is 0. The lowest BCUT2D eigenvalue weighted by molar-refractivity contribution is 0.0528. The van der Waals surface area contributed by atoms with E-state index in [0.717, 1.165) is 27.9 Å². The zero-order chi connectivity index (χ0) is 24.2. The fourth-order valence-corrected chi connectivity index (χ4v) is 4.38. The normalized spacial score (nSPS) is 10.8. The van der Waals surface area contributed by atoms with E-state index in [1.165, 1.54) is 5.56 Å². The molecule has 5 aromatic rings. The molecule has 0 fully saturated rings. The molecular formula is C31H26N2O2. The molecular weight excluding hydrogens is 432 g/mol. The van der Waals surface area contributed by atoms with Crippen molar-refractivity contribution >= 4 is 5.97 Å². The molecule has 5 rings (SSSR count). The molecule has 0 atom stereocenters. The summed E-state index contributed by atoms with van der Waals surface area (Å²) in [6.45, 7) is 4.18. The Labute approximate surface area is 205 Å². The van der Waals surface area contributed by atoms with Crippen LogP contribution in [0.3, 0.4) is 0 Å². The van der Waals surface area contributed by atoms with Crippen LogP contribution in [0, 0.1) is 6.92 Å². The van der Waals surface area contributed by atoms with E-state index in [1.54, 1.807) is 0 Å². The van der Waals surface area contributed by atoms with Crippen molar-refractivity contribution in [2.45, 2.75) is 13.8 Å². The maximum Gasteiger partial charge on any atom is 0.342 e. The van der Waals surface area contributed by atoms with Gasteiger partial charge in [-0.05, 0) is 37.1 Å². The fraction of sp³-hybridized carbons (Fsp3) is 0.0968. The second-order valence-corrected chi connectivity index (χ2v) is 8.32. The number of hydrogen-bond acceptors (Lipinski definition) is 3. The van der Waals surface area contributed by atoms with Crippen LogP contribution in [0.2, 0.25) is 0 Å². The predicted octanol–water partition coefficient (Wildman–Crippen LogP) is 7.36. The first kappa shape index (κ1) is 22.4. The standard InChI is InChI=1S/C31H26N2O2/c1-3-35-31(34)28-29(27-20-11-10-19-26(27)24-16-12-13-22(2)21-24)32-33(25-17-8-5-9-18-25)30(28)23-14-6-4-7-15-23/h4-21H,3H2,1-2H3. The molecule has 4 nitrogen and oxygen atoms in total. The number of rotatable bonds is 6. The number of para-hydroxylation sites is 1. The highest BCUT2D eigenvalue weighted by Gasteiger charge is 2.28. The summed E-state index contributed by atoms with van der Waals surface area (Å²) in [5.74, 6) is -0.387. The molecule has 0 saturated heterocycles. The molecule has 0 bridgehead atoms. The molecule has 0 N–H and O–H groups in total. The predicted molar refractivity (Wildman–Crippen MR) is 141 cm³/mol. The van der Waals surface area contributed by atoms with E-state index >= 15 is 0 Å². The van der Waals surface area contributed by atoms with Crippen molar-refractivity contribution < 1.29 is 9.53 Å². The lowest BCUT2D eigenvalue weighted by Gasteiger charge is -2.11. The fourth-order valence-electron chi connectivity index (χ4n) is 4.38. The second-order valence-electron chi connectivity index (χ2n) is 8.32. The minimum atomic E-state index is -0.387. The summed E-state index contributed by atoms with van der Waals surface area (Å²) in [5.41, 5.74) is 7.68. The highest BCUT2D eigenvalue weighted by molar-refractivity contribution is 6.04. The van der Waals surface area contributed by atoms with Gasteiger partial charge in [0.25, 0.3) is 0 Å². The molecule has 0 radical (unpaired) electrons. The smallest absolute Gasteiger partial charge is 0.342 e. The monoisotopic (exact) mass is 458 g/mol. The Morgan fingerprint density at radius 1 is 0.771 bits per heavy atom. The lowest BCUT2D eigenvalue weighted by atomic mass is 9.94. The highest BCUT2D eigenvalue weighted by atomic mass is 16.5. The Kier molecular flexibility index (Phi) is 6.27. The van der Waals surface area contributed by atoms with Crippen LogP contribution in [0.15, 0.2) is 109 Å². The van der Waals surface area contributed by atoms with E-state index in [9.17, 15) is 4.79 Å². The number of carbonyl (C=O) groups excluding carboxylic acids is 1. The van der Waals surface area contributed by atoms with Crippen LogP contribution in [-0.4, -0.2) is 22.4 Å². The van der Waals surface area contributed by atoms with Crippen molar-refractivity contribution in [2.75, 3.05) is 6.61 Å². The summed E-state index contributed by atoms with van der Waals surface area (Å²) < 4.78 is 7.43. The van der Waals surface area contributed by atoms with Crippen molar-refractivity contribution in [1.29, 1.82) is 0 Å². The maximum absolute atomic E-state index is 13.5. The zero-order valence-electron chi connectivity index (χ0n) is 19.8. The summed E-state index contributed by atoms with van der Waals surface area (Å²) in [6, 6.07) is 36.2. The van der Waals surface area contributed by atoms with Crippen LogP contribution in [0.1, 0.15) is 22.8 Å². The molecule has 0 spiro atoms. The number of aryl methyl sites for hydroxylation is 1. The van der Waals surface area contributed by atoms with E-state index < -0.39 is 0 Å². The van der Waals surface area contributed by atoms with Gasteiger partial charge in [-0.1, -0.05) is 103 Å². The minimum absolute atomic E-state index is 0.280. The summed E-state index contributed by atoms with van der Waals surface area (Å²) in [4.78, 5) is 13.5. The quantitative estimate of drug-likeness (QED) is 0.250. The molecule has 0 aliphatic rings. The Balaban J connectivity index is 1.85. The molecule has 1 heterocycles.